The fourth-order valence-electron chi connectivity index (χ4n) is 2.80. The number of hydrogen-bond acceptors (Lipinski definition) is 3. The Morgan fingerprint density at radius 1 is 1.21 bits per heavy atom. The molecular weight excluding hydrogens is 302 g/mol. The molecule has 2 heterocycles. The molecule has 2 N–H and O–H groups in total. The molecule has 0 saturated heterocycles. The van der Waals surface area contributed by atoms with Gasteiger partial charge in [0.2, 0.25) is 0 Å². The van der Waals surface area contributed by atoms with Gasteiger partial charge < -0.3 is 19.8 Å². The predicted molar refractivity (Wildman–Crippen MR) is 95.7 cm³/mol. The standard InChI is InChI=1S/C19H25N3O2/c1-2-20-19(22-11-8-17-4-3-12-23-17)21-10-7-15-5-6-18-16(14-15)9-13-24-18/h3-6,12,14H,2,7-11,13H2,1H3,(H2,20,21,22). The molecule has 1 aromatic heterocycles. The summed E-state index contributed by atoms with van der Waals surface area (Å²) in [7, 11) is 0. The Hall–Kier alpha value is -2.43. The van der Waals surface area contributed by atoms with Gasteiger partial charge in [0.25, 0.3) is 0 Å². The molecule has 0 aliphatic carbocycles. The maximum absolute atomic E-state index is 5.55. The molecule has 0 spiro atoms. The van der Waals surface area contributed by atoms with E-state index in [1.54, 1.807) is 6.26 Å². The van der Waals surface area contributed by atoms with Crippen molar-refractivity contribution in [3.63, 3.8) is 0 Å². The first-order valence-electron chi connectivity index (χ1n) is 8.64. The lowest BCUT2D eigenvalue weighted by Gasteiger charge is -2.11. The highest BCUT2D eigenvalue weighted by molar-refractivity contribution is 5.79. The van der Waals surface area contributed by atoms with E-state index >= 15 is 0 Å². The normalized spacial score (nSPS) is 13.5. The smallest absolute Gasteiger partial charge is 0.191 e. The van der Waals surface area contributed by atoms with Crippen LogP contribution in [-0.2, 0) is 19.3 Å². The summed E-state index contributed by atoms with van der Waals surface area (Å²) < 4.78 is 10.9. The van der Waals surface area contributed by atoms with E-state index < -0.39 is 0 Å². The minimum atomic E-state index is 0.707. The van der Waals surface area contributed by atoms with Crippen molar-refractivity contribution in [1.82, 2.24) is 10.6 Å². The second-order valence-electron chi connectivity index (χ2n) is 5.81. The Morgan fingerprint density at radius 3 is 3.00 bits per heavy atom. The monoisotopic (exact) mass is 327 g/mol. The van der Waals surface area contributed by atoms with Crippen LogP contribution in [0.1, 0.15) is 23.8 Å². The van der Waals surface area contributed by atoms with Gasteiger partial charge in [-0.1, -0.05) is 12.1 Å². The van der Waals surface area contributed by atoms with Crippen LogP contribution in [0.5, 0.6) is 5.75 Å². The van der Waals surface area contributed by atoms with E-state index in [0.29, 0.717) is 6.54 Å². The lowest BCUT2D eigenvalue weighted by atomic mass is 10.1. The van der Waals surface area contributed by atoms with Crippen molar-refractivity contribution in [2.24, 2.45) is 4.99 Å². The van der Waals surface area contributed by atoms with Gasteiger partial charge in [0, 0.05) is 32.5 Å². The third kappa shape index (κ3) is 4.54. The van der Waals surface area contributed by atoms with Gasteiger partial charge in [-0.15, -0.1) is 0 Å². The summed E-state index contributed by atoms with van der Waals surface area (Å²) in [5, 5.41) is 6.67. The third-order valence-electron chi connectivity index (χ3n) is 4.01. The molecule has 0 bridgehead atoms. The zero-order valence-electron chi connectivity index (χ0n) is 14.2. The minimum Gasteiger partial charge on any atom is -0.493 e. The zero-order chi connectivity index (χ0) is 16.6. The van der Waals surface area contributed by atoms with E-state index in [4.69, 9.17) is 9.15 Å². The van der Waals surface area contributed by atoms with Crippen LogP contribution in [0.15, 0.2) is 46.0 Å². The van der Waals surface area contributed by atoms with Gasteiger partial charge in [0.05, 0.1) is 12.9 Å². The number of aliphatic imine (C=N–C) groups is 1. The average Bonchev–Trinajstić information content (AvgIpc) is 3.25. The van der Waals surface area contributed by atoms with Gasteiger partial charge in [-0.25, -0.2) is 0 Å². The maximum Gasteiger partial charge on any atom is 0.191 e. The molecule has 0 fully saturated rings. The lowest BCUT2D eigenvalue weighted by Crippen LogP contribution is -2.38. The van der Waals surface area contributed by atoms with Crippen LogP contribution in [0.25, 0.3) is 0 Å². The van der Waals surface area contributed by atoms with Gasteiger partial charge in [-0.3, -0.25) is 4.99 Å². The number of guanidine groups is 1. The SMILES string of the molecule is CCNC(=NCCc1ccco1)NCCc1ccc2c(c1)CCO2. The molecule has 0 saturated carbocycles. The second-order valence-corrected chi connectivity index (χ2v) is 5.81. The number of nitrogens with zero attached hydrogens (tertiary/aromatic N) is 1. The van der Waals surface area contributed by atoms with E-state index in [1.807, 2.05) is 12.1 Å². The summed E-state index contributed by atoms with van der Waals surface area (Å²) >= 11 is 0. The summed E-state index contributed by atoms with van der Waals surface area (Å²) in [5.74, 6) is 2.86. The van der Waals surface area contributed by atoms with E-state index in [1.165, 1.54) is 11.1 Å². The molecule has 2 aromatic rings. The van der Waals surface area contributed by atoms with Gasteiger partial charge in [-0.2, -0.15) is 0 Å². The maximum atomic E-state index is 5.55. The van der Waals surface area contributed by atoms with Gasteiger partial charge in [-0.05, 0) is 42.7 Å². The number of ether oxygens (including phenoxy) is 1. The van der Waals surface area contributed by atoms with Crippen molar-refractivity contribution >= 4 is 5.96 Å². The van der Waals surface area contributed by atoms with Crippen molar-refractivity contribution in [3.8, 4) is 5.75 Å². The summed E-state index contributed by atoms with van der Waals surface area (Å²) in [6.07, 6.45) is 4.50. The molecule has 0 unspecified atom stereocenters. The predicted octanol–water partition coefficient (Wildman–Crippen LogP) is 2.55. The van der Waals surface area contributed by atoms with Crippen LogP contribution >= 0.6 is 0 Å². The summed E-state index contributed by atoms with van der Waals surface area (Å²) in [6, 6.07) is 10.4. The van der Waals surface area contributed by atoms with Crippen LogP contribution in [0, 0.1) is 0 Å². The fourth-order valence-corrected chi connectivity index (χ4v) is 2.80. The molecule has 24 heavy (non-hydrogen) atoms. The van der Waals surface area contributed by atoms with Crippen molar-refractivity contribution in [3.05, 3.63) is 53.5 Å². The molecule has 5 nitrogen and oxygen atoms in total. The first-order chi connectivity index (χ1) is 11.8. The molecule has 0 atom stereocenters. The van der Waals surface area contributed by atoms with Crippen molar-refractivity contribution in [2.45, 2.75) is 26.2 Å². The van der Waals surface area contributed by atoms with Gasteiger partial charge in [0.15, 0.2) is 5.96 Å². The Kier molecular flexibility index (Phi) is 5.77. The average molecular weight is 327 g/mol. The van der Waals surface area contributed by atoms with E-state index in [9.17, 15) is 0 Å². The Labute approximate surface area is 143 Å². The second kappa shape index (κ2) is 8.43. The highest BCUT2D eigenvalue weighted by atomic mass is 16.5. The first kappa shape index (κ1) is 16.4. The number of hydrogen-bond donors (Lipinski definition) is 2. The largest absolute Gasteiger partial charge is 0.493 e. The molecule has 5 heteroatoms. The molecule has 1 aromatic carbocycles. The van der Waals surface area contributed by atoms with Crippen LogP contribution < -0.4 is 15.4 Å². The van der Waals surface area contributed by atoms with Crippen molar-refractivity contribution in [1.29, 1.82) is 0 Å². The van der Waals surface area contributed by atoms with Crippen LogP contribution in [0.4, 0.5) is 0 Å². The fraction of sp³-hybridized carbons (Fsp3) is 0.421. The summed E-state index contributed by atoms with van der Waals surface area (Å²) in [5.41, 5.74) is 2.66. The number of benzene rings is 1. The molecule has 128 valence electrons. The number of furan rings is 1. The summed E-state index contributed by atoms with van der Waals surface area (Å²) in [4.78, 5) is 4.59. The number of fused-ring (bicyclic) bond motifs is 1. The quantitative estimate of drug-likeness (QED) is 0.606. The molecule has 3 rings (SSSR count). The highest BCUT2D eigenvalue weighted by Gasteiger charge is 2.11. The Balaban J connectivity index is 1.46. The first-order valence-corrected chi connectivity index (χ1v) is 8.64. The number of rotatable bonds is 7. The molecule has 1 aliphatic rings. The van der Waals surface area contributed by atoms with E-state index in [-0.39, 0.29) is 0 Å². The Morgan fingerprint density at radius 2 is 2.17 bits per heavy atom. The summed E-state index contributed by atoms with van der Waals surface area (Å²) in [6.45, 7) is 5.29. The topological polar surface area (TPSA) is 58.8 Å². The van der Waals surface area contributed by atoms with Crippen molar-refractivity contribution in [2.75, 3.05) is 26.2 Å². The van der Waals surface area contributed by atoms with Crippen molar-refractivity contribution < 1.29 is 9.15 Å². The van der Waals surface area contributed by atoms with Crippen LogP contribution in [-0.4, -0.2) is 32.2 Å². The van der Waals surface area contributed by atoms with E-state index in [0.717, 1.165) is 56.4 Å². The highest BCUT2D eigenvalue weighted by Crippen LogP contribution is 2.25. The Bertz CT molecular complexity index is 665. The molecule has 1 aliphatic heterocycles. The third-order valence-corrected chi connectivity index (χ3v) is 4.01. The molecule has 0 radical (unpaired) electrons. The lowest BCUT2D eigenvalue weighted by molar-refractivity contribution is 0.357. The van der Waals surface area contributed by atoms with Gasteiger partial charge >= 0.3 is 0 Å². The van der Waals surface area contributed by atoms with Crippen LogP contribution in [0.2, 0.25) is 0 Å². The number of nitrogens with one attached hydrogen (secondary N) is 2. The minimum absolute atomic E-state index is 0.707. The van der Waals surface area contributed by atoms with Gasteiger partial charge in [0.1, 0.15) is 11.5 Å². The van der Waals surface area contributed by atoms with Crippen LogP contribution in [0.3, 0.4) is 0 Å². The molecule has 0 amide bonds. The van der Waals surface area contributed by atoms with E-state index in [2.05, 4.69) is 40.7 Å². The zero-order valence-corrected chi connectivity index (χ0v) is 14.2. The molecular formula is C19H25N3O2.